The predicted molar refractivity (Wildman–Crippen MR) is 95.3 cm³/mol. The fourth-order valence-corrected chi connectivity index (χ4v) is 7.53. The van der Waals surface area contributed by atoms with Crippen LogP contribution in [0.5, 0.6) is 0 Å². The van der Waals surface area contributed by atoms with Crippen LogP contribution >= 0.6 is 18.0 Å². The van der Waals surface area contributed by atoms with Gasteiger partial charge in [-0.2, -0.15) is 0 Å². The van der Waals surface area contributed by atoms with Crippen molar-refractivity contribution in [1.82, 2.24) is 9.76 Å². The first-order valence-corrected chi connectivity index (χ1v) is 12.0. The Morgan fingerprint density at radius 2 is 1.91 bits per heavy atom. The van der Waals surface area contributed by atoms with Crippen molar-refractivity contribution >= 4 is 33.8 Å². The number of nitrogens with one attached hydrogen (secondary N) is 1. The van der Waals surface area contributed by atoms with Crippen LogP contribution in [0.1, 0.15) is 20.3 Å². The Balaban J connectivity index is 2.94. The van der Waals surface area contributed by atoms with E-state index in [2.05, 4.69) is 5.09 Å². The number of hydrogen-bond donors (Lipinski definition) is 1. The highest BCUT2D eigenvalue weighted by atomic mass is 32.7. The van der Waals surface area contributed by atoms with Gasteiger partial charge in [0, 0.05) is 12.3 Å². The topological polar surface area (TPSA) is 83.6 Å². The van der Waals surface area contributed by atoms with Crippen LogP contribution in [0.3, 0.4) is 0 Å². The summed E-state index contributed by atoms with van der Waals surface area (Å²) in [6, 6.07) is 7.77. The molecule has 23 heavy (non-hydrogen) atoms. The van der Waals surface area contributed by atoms with Crippen molar-refractivity contribution < 1.29 is 17.8 Å². The Bertz CT molecular complexity index is 679. The zero-order valence-electron chi connectivity index (χ0n) is 13.7. The smallest absolute Gasteiger partial charge is 0.275 e. The van der Waals surface area contributed by atoms with Gasteiger partial charge >= 0.3 is 0 Å². The van der Waals surface area contributed by atoms with Crippen molar-refractivity contribution in [3.63, 3.8) is 0 Å². The second kappa shape index (κ2) is 8.33. The molecule has 1 aromatic rings. The molecule has 1 rings (SSSR count). The number of hydrogen-bond acceptors (Lipinski definition) is 5. The van der Waals surface area contributed by atoms with Crippen LogP contribution in [0.15, 0.2) is 35.2 Å². The largest absolute Gasteiger partial charge is 0.294 e. The molecule has 0 saturated heterocycles. The maximum Gasteiger partial charge on any atom is 0.294 e. The van der Waals surface area contributed by atoms with Crippen LogP contribution in [0.25, 0.3) is 0 Å². The van der Waals surface area contributed by atoms with Gasteiger partial charge in [0.1, 0.15) is 5.75 Å². The molecule has 0 saturated carbocycles. The number of carbonyl (C=O) groups excluding carboxylic acids is 1. The summed E-state index contributed by atoms with van der Waals surface area (Å²) >= 11 is 1.16. The number of carbonyl (C=O) groups is 1. The highest BCUT2D eigenvalue weighted by molar-refractivity contribution is 8.57. The molecule has 0 aliphatic carbocycles. The van der Waals surface area contributed by atoms with Gasteiger partial charge in [-0.05, 0) is 25.6 Å². The lowest BCUT2D eigenvalue weighted by Gasteiger charge is -2.28. The molecule has 1 N–H and O–H groups in total. The molecule has 0 aromatic heterocycles. The van der Waals surface area contributed by atoms with Gasteiger partial charge in [0.25, 0.3) is 6.65 Å². The standard InChI is InChI=1S/C14H23N2O4PS2/c1-5-12(2)22-21(18,15-3)16(4)14(17)11-23(19,20)13-9-7-6-8-10-13/h6-10,12H,5,11H2,1-4H3,(H,15,18). The number of benzene rings is 1. The summed E-state index contributed by atoms with van der Waals surface area (Å²) in [4.78, 5) is 12.4. The van der Waals surface area contributed by atoms with Gasteiger partial charge in [-0.15, -0.1) is 0 Å². The Morgan fingerprint density at radius 3 is 2.39 bits per heavy atom. The minimum absolute atomic E-state index is 0.0780. The molecule has 130 valence electrons. The van der Waals surface area contributed by atoms with Crippen molar-refractivity contribution in [1.29, 1.82) is 0 Å². The van der Waals surface area contributed by atoms with Crippen molar-refractivity contribution in [2.45, 2.75) is 30.4 Å². The van der Waals surface area contributed by atoms with Gasteiger partial charge in [0.05, 0.1) is 4.90 Å². The third kappa shape index (κ3) is 5.35. The lowest BCUT2D eigenvalue weighted by atomic mass is 10.4. The average molecular weight is 378 g/mol. The molecule has 0 aliphatic heterocycles. The summed E-state index contributed by atoms with van der Waals surface area (Å²) in [7, 11) is -0.880. The van der Waals surface area contributed by atoms with Crippen molar-refractivity contribution in [3.05, 3.63) is 30.3 Å². The Labute approximate surface area is 142 Å². The molecule has 0 radical (unpaired) electrons. The Morgan fingerprint density at radius 1 is 1.35 bits per heavy atom. The minimum atomic E-state index is -3.76. The molecule has 2 atom stereocenters. The Kier molecular flexibility index (Phi) is 7.32. The highest BCUT2D eigenvalue weighted by Crippen LogP contribution is 2.59. The average Bonchev–Trinajstić information content (AvgIpc) is 2.54. The maximum absolute atomic E-state index is 12.9. The maximum atomic E-state index is 12.9. The van der Waals surface area contributed by atoms with E-state index in [0.717, 1.165) is 22.5 Å². The van der Waals surface area contributed by atoms with Crippen LogP contribution in [-0.4, -0.2) is 44.1 Å². The highest BCUT2D eigenvalue weighted by Gasteiger charge is 2.34. The van der Waals surface area contributed by atoms with E-state index in [-0.39, 0.29) is 10.1 Å². The molecular weight excluding hydrogens is 355 g/mol. The molecule has 9 heteroatoms. The molecule has 0 fully saturated rings. The van der Waals surface area contributed by atoms with Gasteiger partial charge in [0.15, 0.2) is 9.84 Å². The predicted octanol–water partition coefficient (Wildman–Crippen LogP) is 2.78. The SMILES string of the molecule is CCC(C)SP(=O)(NC)N(C)C(=O)CS(=O)(=O)c1ccccc1. The van der Waals surface area contributed by atoms with Crippen LogP contribution in [-0.2, 0) is 19.2 Å². The number of rotatable bonds is 8. The van der Waals surface area contributed by atoms with Crippen molar-refractivity contribution in [3.8, 4) is 0 Å². The van der Waals surface area contributed by atoms with Gasteiger partial charge in [-0.25, -0.2) is 13.5 Å². The molecule has 0 bridgehead atoms. The second-order valence-electron chi connectivity index (χ2n) is 5.06. The van der Waals surface area contributed by atoms with Crippen LogP contribution in [0.4, 0.5) is 0 Å². The zero-order chi connectivity index (χ0) is 17.7. The molecular formula is C14H23N2O4PS2. The van der Waals surface area contributed by atoms with Crippen LogP contribution in [0.2, 0.25) is 0 Å². The van der Waals surface area contributed by atoms with Gasteiger partial charge < -0.3 is 0 Å². The first-order chi connectivity index (χ1) is 10.7. The first-order valence-electron chi connectivity index (χ1n) is 7.18. The van der Waals surface area contributed by atoms with E-state index in [1.54, 1.807) is 18.2 Å². The van der Waals surface area contributed by atoms with E-state index in [0.29, 0.717) is 0 Å². The third-order valence-electron chi connectivity index (χ3n) is 3.35. The van der Waals surface area contributed by atoms with E-state index in [1.165, 1.54) is 26.2 Å². The zero-order valence-corrected chi connectivity index (χ0v) is 16.2. The Hall–Kier alpha value is -0.820. The third-order valence-corrected chi connectivity index (χ3v) is 10.7. The quantitative estimate of drug-likeness (QED) is 0.701. The van der Waals surface area contributed by atoms with Crippen LogP contribution < -0.4 is 5.09 Å². The summed E-state index contributed by atoms with van der Waals surface area (Å²) in [6.45, 7) is 0.656. The molecule has 1 amide bonds. The van der Waals surface area contributed by atoms with E-state index >= 15 is 0 Å². The summed E-state index contributed by atoms with van der Waals surface area (Å²) in [5.74, 6) is -1.40. The fourth-order valence-electron chi connectivity index (χ4n) is 1.71. The number of nitrogens with zero attached hydrogens (tertiary/aromatic N) is 1. The van der Waals surface area contributed by atoms with Crippen molar-refractivity contribution in [2.75, 3.05) is 19.8 Å². The van der Waals surface area contributed by atoms with Gasteiger partial charge in [-0.3, -0.25) is 14.0 Å². The summed E-state index contributed by atoms with van der Waals surface area (Å²) in [6.07, 6.45) is 0.792. The van der Waals surface area contributed by atoms with E-state index in [4.69, 9.17) is 0 Å². The molecule has 1 aromatic carbocycles. The van der Waals surface area contributed by atoms with E-state index < -0.39 is 28.1 Å². The monoisotopic (exact) mass is 378 g/mol. The summed E-state index contributed by atoms with van der Waals surface area (Å²) in [5.41, 5.74) is 0. The van der Waals surface area contributed by atoms with E-state index in [1.807, 2.05) is 13.8 Å². The second-order valence-corrected chi connectivity index (χ2v) is 12.3. The lowest BCUT2D eigenvalue weighted by molar-refractivity contribution is -0.123. The number of amides is 1. The van der Waals surface area contributed by atoms with Crippen molar-refractivity contribution in [2.24, 2.45) is 0 Å². The number of sulfone groups is 1. The summed E-state index contributed by atoms with van der Waals surface area (Å²) < 4.78 is 38.5. The van der Waals surface area contributed by atoms with Crippen LogP contribution in [0, 0.1) is 0 Å². The van der Waals surface area contributed by atoms with Gasteiger partial charge in [-0.1, -0.05) is 43.4 Å². The first kappa shape index (κ1) is 20.2. The lowest BCUT2D eigenvalue weighted by Crippen LogP contribution is -2.33. The molecule has 0 heterocycles. The molecule has 2 unspecified atom stereocenters. The van der Waals surface area contributed by atoms with E-state index in [9.17, 15) is 17.8 Å². The molecule has 0 spiro atoms. The minimum Gasteiger partial charge on any atom is -0.275 e. The fraction of sp³-hybridized carbons (Fsp3) is 0.500. The summed E-state index contributed by atoms with van der Waals surface area (Å²) in [5, 5.41) is 2.76. The molecule has 0 aliphatic rings. The normalized spacial score (nSPS) is 15.7. The van der Waals surface area contributed by atoms with Gasteiger partial charge in [0.2, 0.25) is 5.91 Å². The molecule has 6 nitrogen and oxygen atoms in total.